The van der Waals surface area contributed by atoms with Gasteiger partial charge in [-0.3, -0.25) is 4.79 Å². The van der Waals surface area contributed by atoms with Crippen LogP contribution in [0.5, 0.6) is 11.5 Å². The highest BCUT2D eigenvalue weighted by Gasteiger charge is 2.16. The fourth-order valence-corrected chi connectivity index (χ4v) is 2.73. The van der Waals surface area contributed by atoms with Crippen molar-refractivity contribution in [3.63, 3.8) is 0 Å². The third kappa shape index (κ3) is 4.88. The second-order valence-corrected chi connectivity index (χ2v) is 6.16. The molecule has 29 heavy (non-hydrogen) atoms. The van der Waals surface area contributed by atoms with E-state index in [0.29, 0.717) is 23.7 Å². The van der Waals surface area contributed by atoms with Gasteiger partial charge < -0.3 is 9.47 Å². The first kappa shape index (κ1) is 19.8. The highest BCUT2D eigenvalue weighted by molar-refractivity contribution is 6.14. The van der Waals surface area contributed by atoms with Crippen LogP contribution in [0.4, 0.5) is 4.39 Å². The van der Waals surface area contributed by atoms with E-state index < -0.39 is 11.6 Å². The van der Waals surface area contributed by atoms with Crippen LogP contribution in [0.2, 0.25) is 0 Å². The summed E-state index contributed by atoms with van der Waals surface area (Å²) in [5.41, 5.74) is 1.26. The Kier molecular flexibility index (Phi) is 6.39. The number of halogens is 1. The molecule has 0 N–H and O–H groups in total. The van der Waals surface area contributed by atoms with Crippen molar-refractivity contribution in [1.29, 1.82) is 5.26 Å². The number of nitriles is 1. The van der Waals surface area contributed by atoms with Gasteiger partial charge in [0.2, 0.25) is 5.78 Å². The molecule has 3 aromatic carbocycles. The molecule has 0 saturated carbocycles. The predicted octanol–water partition coefficient (Wildman–Crippen LogP) is 5.20. The van der Waals surface area contributed by atoms with E-state index >= 15 is 0 Å². The van der Waals surface area contributed by atoms with Crippen LogP contribution in [0.1, 0.15) is 21.5 Å². The number of allylic oxidation sites excluding steroid dienone is 1. The lowest BCUT2D eigenvalue weighted by Gasteiger charge is -2.11. The number of benzene rings is 3. The van der Waals surface area contributed by atoms with Gasteiger partial charge in [0.15, 0.2) is 11.5 Å². The number of hydrogen-bond donors (Lipinski definition) is 0. The predicted molar refractivity (Wildman–Crippen MR) is 108 cm³/mol. The minimum atomic E-state index is -0.672. The van der Waals surface area contributed by atoms with E-state index in [1.807, 2.05) is 36.4 Å². The summed E-state index contributed by atoms with van der Waals surface area (Å²) in [6.07, 6.45) is 1.40. The van der Waals surface area contributed by atoms with Crippen LogP contribution in [0.15, 0.2) is 78.4 Å². The number of rotatable bonds is 7. The average Bonchev–Trinajstić information content (AvgIpc) is 2.77. The molecule has 0 aliphatic carbocycles. The van der Waals surface area contributed by atoms with E-state index in [4.69, 9.17) is 9.47 Å². The van der Waals surface area contributed by atoms with Crippen molar-refractivity contribution in [3.8, 4) is 17.6 Å². The maximum atomic E-state index is 13.9. The molecule has 0 atom stereocenters. The maximum Gasteiger partial charge on any atom is 0.206 e. The quantitative estimate of drug-likeness (QED) is 0.317. The smallest absolute Gasteiger partial charge is 0.206 e. The van der Waals surface area contributed by atoms with Gasteiger partial charge in [0.1, 0.15) is 24.1 Å². The Morgan fingerprint density at radius 2 is 1.76 bits per heavy atom. The standard InChI is InChI=1S/C24H18FNO3/c1-28-23-14-18(11-12-22(23)29-16-17-7-3-2-4-8-17)13-19(15-26)24(27)20-9-5-6-10-21(20)25/h2-14H,16H2,1H3/b19-13+. The van der Waals surface area contributed by atoms with Crippen molar-refractivity contribution in [2.24, 2.45) is 0 Å². The van der Waals surface area contributed by atoms with Gasteiger partial charge in [0.05, 0.1) is 12.7 Å². The fourth-order valence-electron chi connectivity index (χ4n) is 2.73. The first-order valence-electron chi connectivity index (χ1n) is 8.88. The zero-order chi connectivity index (χ0) is 20.6. The van der Waals surface area contributed by atoms with Crippen LogP contribution in [0.3, 0.4) is 0 Å². The van der Waals surface area contributed by atoms with Gasteiger partial charge in [0.25, 0.3) is 0 Å². The van der Waals surface area contributed by atoms with Crippen LogP contribution < -0.4 is 9.47 Å². The molecule has 3 aromatic rings. The van der Waals surface area contributed by atoms with Gasteiger partial charge in [-0.15, -0.1) is 0 Å². The van der Waals surface area contributed by atoms with Crippen molar-refractivity contribution < 1.29 is 18.7 Å². The van der Waals surface area contributed by atoms with Crippen molar-refractivity contribution in [2.45, 2.75) is 6.61 Å². The summed E-state index contributed by atoms with van der Waals surface area (Å²) < 4.78 is 25.1. The second kappa shape index (κ2) is 9.34. The Morgan fingerprint density at radius 3 is 2.45 bits per heavy atom. The molecule has 0 saturated heterocycles. The number of methoxy groups -OCH3 is 1. The largest absolute Gasteiger partial charge is 0.493 e. The van der Waals surface area contributed by atoms with Crippen molar-refractivity contribution in [2.75, 3.05) is 7.11 Å². The molecule has 0 aliphatic rings. The van der Waals surface area contributed by atoms with Gasteiger partial charge in [-0.25, -0.2) is 4.39 Å². The van der Waals surface area contributed by atoms with E-state index in [9.17, 15) is 14.4 Å². The number of carbonyl (C=O) groups excluding carboxylic acids is 1. The second-order valence-electron chi connectivity index (χ2n) is 6.16. The van der Waals surface area contributed by atoms with Crippen molar-refractivity contribution >= 4 is 11.9 Å². The maximum absolute atomic E-state index is 13.9. The molecule has 0 radical (unpaired) electrons. The van der Waals surface area contributed by atoms with Crippen molar-refractivity contribution in [1.82, 2.24) is 0 Å². The first-order valence-corrected chi connectivity index (χ1v) is 8.88. The summed E-state index contributed by atoms with van der Waals surface area (Å²) in [4.78, 5) is 12.5. The molecule has 0 fully saturated rings. The minimum absolute atomic E-state index is 0.143. The van der Waals surface area contributed by atoms with Gasteiger partial charge in [-0.1, -0.05) is 48.5 Å². The SMILES string of the molecule is COc1cc(/C=C(\C#N)C(=O)c2ccccc2F)ccc1OCc1ccccc1. The van der Waals surface area contributed by atoms with Crippen LogP contribution in [-0.4, -0.2) is 12.9 Å². The Bertz CT molecular complexity index is 1080. The van der Waals surface area contributed by atoms with Crippen LogP contribution >= 0.6 is 0 Å². The van der Waals surface area contributed by atoms with Gasteiger partial charge in [-0.2, -0.15) is 5.26 Å². The summed E-state index contributed by atoms with van der Waals surface area (Å²) in [5.74, 6) is -0.340. The van der Waals surface area contributed by atoms with E-state index in [0.717, 1.165) is 5.56 Å². The zero-order valence-corrected chi connectivity index (χ0v) is 15.8. The molecule has 144 valence electrons. The summed E-state index contributed by atoms with van der Waals surface area (Å²) in [6, 6.07) is 22.2. The first-order chi connectivity index (χ1) is 14.1. The molecular formula is C24H18FNO3. The Balaban J connectivity index is 1.83. The Hall–Kier alpha value is -3.91. The van der Waals surface area contributed by atoms with Crippen LogP contribution in [0, 0.1) is 17.1 Å². The highest BCUT2D eigenvalue weighted by Crippen LogP contribution is 2.30. The van der Waals surface area contributed by atoms with Gasteiger partial charge in [-0.05, 0) is 41.5 Å². The third-order valence-corrected chi connectivity index (χ3v) is 4.22. The Labute approximate surface area is 168 Å². The molecule has 4 nitrogen and oxygen atoms in total. The van der Waals surface area contributed by atoms with Gasteiger partial charge in [0, 0.05) is 0 Å². The molecule has 5 heteroatoms. The van der Waals surface area contributed by atoms with Crippen molar-refractivity contribution in [3.05, 3.63) is 101 Å². The monoisotopic (exact) mass is 387 g/mol. The fraction of sp³-hybridized carbons (Fsp3) is 0.0833. The molecule has 0 unspecified atom stereocenters. The number of hydrogen-bond acceptors (Lipinski definition) is 4. The summed E-state index contributed by atoms with van der Waals surface area (Å²) in [5, 5.41) is 9.38. The lowest BCUT2D eigenvalue weighted by Crippen LogP contribution is -2.04. The van der Waals surface area contributed by atoms with Crippen LogP contribution in [0.25, 0.3) is 6.08 Å². The molecular weight excluding hydrogens is 369 g/mol. The van der Waals surface area contributed by atoms with E-state index in [1.165, 1.54) is 31.4 Å². The number of carbonyl (C=O) groups is 1. The molecule has 0 bridgehead atoms. The van der Waals surface area contributed by atoms with E-state index in [2.05, 4.69) is 0 Å². The molecule has 0 aliphatic heterocycles. The molecule has 0 amide bonds. The third-order valence-electron chi connectivity index (χ3n) is 4.22. The zero-order valence-electron chi connectivity index (χ0n) is 15.8. The number of nitrogens with zero attached hydrogens (tertiary/aromatic N) is 1. The van der Waals surface area contributed by atoms with E-state index in [-0.39, 0.29) is 11.1 Å². The molecule has 0 heterocycles. The lowest BCUT2D eigenvalue weighted by atomic mass is 10.0. The normalized spacial score (nSPS) is 10.9. The van der Waals surface area contributed by atoms with Crippen LogP contribution in [-0.2, 0) is 6.61 Å². The minimum Gasteiger partial charge on any atom is -0.493 e. The average molecular weight is 387 g/mol. The number of Topliss-reactive ketones (excluding diaryl/α,β-unsaturated/α-hetero) is 1. The van der Waals surface area contributed by atoms with E-state index in [1.54, 1.807) is 24.3 Å². The summed E-state index contributed by atoms with van der Waals surface area (Å²) in [6.45, 7) is 0.377. The summed E-state index contributed by atoms with van der Waals surface area (Å²) >= 11 is 0. The van der Waals surface area contributed by atoms with Gasteiger partial charge >= 0.3 is 0 Å². The Morgan fingerprint density at radius 1 is 1.03 bits per heavy atom. The number of ketones is 1. The molecule has 3 rings (SSSR count). The summed E-state index contributed by atoms with van der Waals surface area (Å²) in [7, 11) is 1.51. The highest BCUT2D eigenvalue weighted by atomic mass is 19.1. The molecule has 0 aromatic heterocycles. The molecule has 0 spiro atoms. The topological polar surface area (TPSA) is 59.3 Å². The lowest BCUT2D eigenvalue weighted by molar-refractivity contribution is 0.103. The number of ether oxygens (including phenoxy) is 2.